The van der Waals surface area contributed by atoms with Crippen molar-refractivity contribution in [2.45, 2.75) is 71.8 Å². The third-order valence-electron chi connectivity index (χ3n) is 8.47. The zero-order valence-corrected chi connectivity index (χ0v) is 30.4. The van der Waals surface area contributed by atoms with Crippen molar-refractivity contribution in [2.24, 2.45) is 5.92 Å². The molecule has 1 aliphatic heterocycles. The lowest BCUT2D eigenvalue weighted by molar-refractivity contribution is -0.171. The molecule has 3 atom stereocenters. The van der Waals surface area contributed by atoms with E-state index in [1.165, 1.54) is 36.4 Å². The summed E-state index contributed by atoms with van der Waals surface area (Å²) < 4.78 is 27.4. The highest BCUT2D eigenvalue weighted by Gasteiger charge is 2.34. The second kappa shape index (κ2) is 19.5. The first-order valence-corrected chi connectivity index (χ1v) is 18.6. The molecular weight excluding hydrogens is 695 g/mol. The zero-order chi connectivity index (χ0) is 37.6. The monoisotopic (exact) mass is 740 g/mol. The van der Waals surface area contributed by atoms with Gasteiger partial charge < -0.3 is 38.9 Å². The number of anilines is 1. The molecule has 16 heteroatoms. The van der Waals surface area contributed by atoms with E-state index in [0.717, 1.165) is 24.3 Å². The molecule has 1 fully saturated rings. The van der Waals surface area contributed by atoms with E-state index in [9.17, 15) is 33.4 Å². The summed E-state index contributed by atoms with van der Waals surface area (Å²) in [6, 6.07) is 13.1. The van der Waals surface area contributed by atoms with Crippen LogP contribution >= 0.6 is 8.25 Å². The molecule has 1 aliphatic rings. The van der Waals surface area contributed by atoms with E-state index in [1.54, 1.807) is 36.9 Å². The highest BCUT2D eigenvalue weighted by Crippen LogP contribution is 2.34. The Labute approximate surface area is 302 Å². The minimum Gasteiger partial charge on any atom is -0.494 e. The number of rotatable bonds is 20. The van der Waals surface area contributed by atoms with Gasteiger partial charge in [-0.1, -0.05) is 33.1 Å². The molecule has 4 amide bonds. The largest absolute Gasteiger partial charge is 0.494 e. The van der Waals surface area contributed by atoms with E-state index in [-0.39, 0.29) is 35.4 Å². The van der Waals surface area contributed by atoms with Crippen LogP contribution in [0.2, 0.25) is 0 Å². The van der Waals surface area contributed by atoms with Crippen LogP contribution < -0.4 is 24.8 Å². The van der Waals surface area contributed by atoms with Gasteiger partial charge in [0, 0.05) is 30.3 Å². The number of furan rings is 1. The summed E-state index contributed by atoms with van der Waals surface area (Å²) >= 11 is 0. The first kappa shape index (κ1) is 39.6. The van der Waals surface area contributed by atoms with Crippen molar-refractivity contribution in [2.75, 3.05) is 24.7 Å². The van der Waals surface area contributed by atoms with Crippen molar-refractivity contribution in [1.82, 2.24) is 15.7 Å². The van der Waals surface area contributed by atoms with E-state index >= 15 is 0 Å². The molecule has 0 bridgehead atoms. The number of unbranched alkanes of at least 4 members (excludes halogenated alkanes) is 2. The first-order chi connectivity index (χ1) is 25.1. The van der Waals surface area contributed by atoms with Crippen molar-refractivity contribution < 1.29 is 51.9 Å². The van der Waals surface area contributed by atoms with Gasteiger partial charge in [-0.05, 0) is 74.7 Å². The standard InChI is InChI=1S/C36H45N4O11P/c1-4-7-8-10-29(30(5-2)40(23-41)50-36(45)24-12-14-26(15-13-24)39-18-9-11-33(39)42)34(43)37-22-38-35(44)32-17-16-31(49-32)25-19-27(48-6-3)21-28(20-25)51-52(46)47/h12-17,19-21,23,29-30,52H,4-11,18,22H2,1-3H3,(H,37,43)(H,38,44)(H,46,47). The Bertz CT molecular complexity index is 1730. The van der Waals surface area contributed by atoms with Crippen LogP contribution in [-0.2, 0) is 23.8 Å². The number of ether oxygens (including phenoxy) is 1. The van der Waals surface area contributed by atoms with E-state index in [4.69, 9.17) is 18.5 Å². The second-order valence-corrected chi connectivity index (χ2v) is 12.7. The summed E-state index contributed by atoms with van der Waals surface area (Å²) in [5.74, 6) is -1.95. The Balaban J connectivity index is 1.39. The van der Waals surface area contributed by atoms with Gasteiger partial charge in [0.2, 0.25) is 18.2 Å². The minimum absolute atomic E-state index is 0.0155. The third kappa shape index (κ3) is 10.7. The lowest BCUT2D eigenvalue weighted by atomic mass is 9.90. The molecule has 4 rings (SSSR count). The van der Waals surface area contributed by atoms with Gasteiger partial charge in [0.25, 0.3) is 5.91 Å². The summed E-state index contributed by atoms with van der Waals surface area (Å²) in [7, 11) is -3.28. The van der Waals surface area contributed by atoms with Crippen molar-refractivity contribution in [3.63, 3.8) is 0 Å². The number of carbonyl (C=O) groups is 5. The van der Waals surface area contributed by atoms with Crippen molar-refractivity contribution in [1.29, 1.82) is 0 Å². The van der Waals surface area contributed by atoms with Crippen molar-refractivity contribution in [3.05, 3.63) is 65.9 Å². The Morgan fingerprint density at radius 1 is 1.04 bits per heavy atom. The topological polar surface area (TPSA) is 194 Å². The minimum atomic E-state index is -3.28. The number of carbonyl (C=O) groups excluding carboxylic acids is 5. The predicted molar refractivity (Wildman–Crippen MR) is 191 cm³/mol. The summed E-state index contributed by atoms with van der Waals surface area (Å²) in [5, 5.41) is 6.16. The fourth-order valence-corrected chi connectivity index (χ4v) is 6.26. The average molecular weight is 741 g/mol. The molecule has 3 N–H and O–H groups in total. The Morgan fingerprint density at radius 2 is 1.79 bits per heavy atom. The molecule has 15 nitrogen and oxygen atoms in total. The van der Waals surface area contributed by atoms with Crippen molar-refractivity contribution >= 4 is 44.0 Å². The van der Waals surface area contributed by atoms with E-state index in [0.29, 0.717) is 62.2 Å². The Kier molecular flexibility index (Phi) is 14.8. The van der Waals surface area contributed by atoms with Crippen LogP contribution in [0, 0.1) is 5.92 Å². The molecule has 2 heterocycles. The maximum atomic E-state index is 13.5. The lowest BCUT2D eigenvalue weighted by Gasteiger charge is -2.31. The molecule has 52 heavy (non-hydrogen) atoms. The normalized spacial score (nSPS) is 14.2. The maximum absolute atomic E-state index is 13.5. The van der Waals surface area contributed by atoms with Crippen LogP contribution in [0.3, 0.4) is 0 Å². The van der Waals surface area contributed by atoms with Gasteiger partial charge in [-0.2, -0.15) is 5.06 Å². The molecule has 0 aliphatic carbocycles. The molecule has 0 saturated carbocycles. The van der Waals surface area contributed by atoms with Gasteiger partial charge in [0.15, 0.2) is 5.76 Å². The van der Waals surface area contributed by atoms with Crippen LogP contribution in [0.15, 0.2) is 59.0 Å². The second-order valence-electron chi connectivity index (χ2n) is 12.0. The fourth-order valence-electron chi connectivity index (χ4n) is 5.94. The van der Waals surface area contributed by atoms with Crippen LogP contribution in [0.5, 0.6) is 11.5 Å². The molecule has 2 aromatic carbocycles. The SMILES string of the molecule is CCCCCC(C(=O)NCNC(=O)c1ccc(-c2cc(OCC)cc(O[PH](=O)O)c2)o1)C(CC)N(C=O)OC(=O)c1ccc(N2CCCC2=O)cc1. The number of benzene rings is 2. The van der Waals surface area contributed by atoms with Crippen LogP contribution in [0.4, 0.5) is 5.69 Å². The zero-order valence-electron chi connectivity index (χ0n) is 29.4. The molecule has 0 spiro atoms. The number of hydrogen-bond acceptors (Lipinski definition) is 10. The number of hydrogen-bond donors (Lipinski definition) is 3. The summed E-state index contributed by atoms with van der Waals surface area (Å²) in [6.45, 7) is 6.26. The Morgan fingerprint density at radius 3 is 2.42 bits per heavy atom. The smallest absolute Gasteiger partial charge is 0.365 e. The predicted octanol–water partition coefficient (Wildman–Crippen LogP) is 5.24. The highest BCUT2D eigenvalue weighted by molar-refractivity contribution is 7.32. The molecule has 1 aromatic heterocycles. The van der Waals surface area contributed by atoms with Crippen LogP contribution in [-0.4, -0.2) is 65.9 Å². The number of hydroxylamine groups is 2. The van der Waals surface area contributed by atoms with Gasteiger partial charge >= 0.3 is 14.2 Å². The number of nitrogens with zero attached hydrogens (tertiary/aromatic N) is 2. The third-order valence-corrected chi connectivity index (χ3v) is 8.88. The van der Waals surface area contributed by atoms with Gasteiger partial charge in [-0.25, -0.2) is 9.36 Å². The molecule has 3 aromatic rings. The lowest BCUT2D eigenvalue weighted by Crippen LogP contribution is -2.49. The van der Waals surface area contributed by atoms with Gasteiger partial charge in [0.05, 0.1) is 30.8 Å². The summed E-state index contributed by atoms with van der Waals surface area (Å²) in [4.78, 5) is 80.2. The number of nitrogens with one attached hydrogen (secondary N) is 2. The first-order valence-electron chi connectivity index (χ1n) is 17.3. The molecular formula is C36H45N4O11P. The van der Waals surface area contributed by atoms with Crippen LogP contribution in [0.25, 0.3) is 11.3 Å². The maximum Gasteiger partial charge on any atom is 0.365 e. The van der Waals surface area contributed by atoms with E-state index < -0.39 is 38.0 Å². The molecule has 3 unspecified atom stereocenters. The average Bonchev–Trinajstić information content (AvgIpc) is 3.80. The van der Waals surface area contributed by atoms with Crippen LogP contribution in [0.1, 0.15) is 86.6 Å². The quantitative estimate of drug-likeness (QED) is 0.0451. The van der Waals surface area contributed by atoms with Gasteiger partial charge in [0.1, 0.15) is 17.3 Å². The summed E-state index contributed by atoms with van der Waals surface area (Å²) in [6.07, 6.45) is 4.71. The van der Waals surface area contributed by atoms with Gasteiger partial charge in [-0.15, -0.1) is 0 Å². The summed E-state index contributed by atoms with van der Waals surface area (Å²) in [5.41, 5.74) is 1.28. The molecule has 0 radical (unpaired) electrons. The van der Waals surface area contributed by atoms with E-state index in [1.807, 2.05) is 6.92 Å². The van der Waals surface area contributed by atoms with Gasteiger partial charge in [-0.3, -0.25) is 19.2 Å². The fraction of sp³-hybridized carbons (Fsp3) is 0.417. The number of amides is 4. The molecule has 1 saturated heterocycles. The Hall–Kier alpha value is -5.14. The van der Waals surface area contributed by atoms with Crippen molar-refractivity contribution in [3.8, 4) is 22.8 Å². The van der Waals surface area contributed by atoms with E-state index in [2.05, 4.69) is 10.6 Å². The molecule has 280 valence electrons. The highest BCUT2D eigenvalue weighted by atomic mass is 31.1.